The standard InChI is InChI=1S/C19H14ClNO4/c1-11(17(22)12-6-8-14(20)9-7-12)25-19(24)16-10-13-4-2-3-5-15(13)18(23)21-16/h2-11H,1H3,(H,21,23). The van der Waals surface area contributed by atoms with Crippen LogP contribution in [0.5, 0.6) is 0 Å². The number of carbonyl (C=O) groups excluding carboxylic acids is 2. The molecule has 0 radical (unpaired) electrons. The summed E-state index contributed by atoms with van der Waals surface area (Å²) in [4.78, 5) is 39.1. The predicted octanol–water partition coefficient (Wildman–Crippen LogP) is 3.61. The molecule has 2 aromatic carbocycles. The first-order chi connectivity index (χ1) is 12.0. The highest BCUT2D eigenvalue weighted by Crippen LogP contribution is 2.14. The van der Waals surface area contributed by atoms with E-state index in [0.717, 1.165) is 0 Å². The number of aromatic amines is 1. The molecule has 0 bridgehead atoms. The fraction of sp³-hybridized carbons (Fsp3) is 0.105. The number of pyridine rings is 1. The van der Waals surface area contributed by atoms with E-state index in [1.807, 2.05) is 0 Å². The zero-order valence-corrected chi connectivity index (χ0v) is 14.0. The van der Waals surface area contributed by atoms with Crippen molar-refractivity contribution in [3.05, 3.63) is 81.2 Å². The largest absolute Gasteiger partial charge is 0.450 e. The molecule has 1 unspecified atom stereocenters. The van der Waals surface area contributed by atoms with Gasteiger partial charge in [-0.15, -0.1) is 0 Å². The lowest BCUT2D eigenvalue weighted by Gasteiger charge is -2.12. The van der Waals surface area contributed by atoms with Gasteiger partial charge in [-0.05, 0) is 48.7 Å². The first-order valence-electron chi connectivity index (χ1n) is 7.58. The van der Waals surface area contributed by atoms with Gasteiger partial charge in [0.25, 0.3) is 5.56 Å². The van der Waals surface area contributed by atoms with Gasteiger partial charge in [0.15, 0.2) is 6.10 Å². The Bertz CT molecular complexity index is 1010. The van der Waals surface area contributed by atoms with E-state index < -0.39 is 12.1 Å². The summed E-state index contributed by atoms with van der Waals surface area (Å²) in [6, 6.07) is 14.7. The van der Waals surface area contributed by atoms with Crippen LogP contribution in [0.25, 0.3) is 10.8 Å². The molecule has 25 heavy (non-hydrogen) atoms. The summed E-state index contributed by atoms with van der Waals surface area (Å²) in [5.41, 5.74) is -0.00195. The minimum atomic E-state index is -0.997. The Morgan fingerprint density at radius 1 is 1.08 bits per heavy atom. The number of hydrogen-bond acceptors (Lipinski definition) is 4. The second kappa shape index (κ2) is 6.91. The van der Waals surface area contributed by atoms with Crippen LogP contribution in [0.3, 0.4) is 0 Å². The molecule has 1 aromatic heterocycles. The summed E-state index contributed by atoms with van der Waals surface area (Å²) in [6.45, 7) is 1.48. The second-order valence-electron chi connectivity index (χ2n) is 5.52. The maximum atomic E-state index is 12.3. The van der Waals surface area contributed by atoms with Crippen molar-refractivity contribution >= 4 is 34.1 Å². The zero-order valence-electron chi connectivity index (χ0n) is 13.3. The highest BCUT2D eigenvalue weighted by Gasteiger charge is 2.21. The van der Waals surface area contributed by atoms with Crippen molar-refractivity contribution in [2.45, 2.75) is 13.0 Å². The maximum absolute atomic E-state index is 12.3. The highest BCUT2D eigenvalue weighted by atomic mass is 35.5. The van der Waals surface area contributed by atoms with Crippen LogP contribution < -0.4 is 5.56 Å². The van der Waals surface area contributed by atoms with Crippen LogP contribution in [0.1, 0.15) is 27.8 Å². The molecule has 0 spiro atoms. The van der Waals surface area contributed by atoms with Crippen molar-refractivity contribution in [1.29, 1.82) is 0 Å². The average molecular weight is 356 g/mol. The van der Waals surface area contributed by atoms with E-state index in [1.54, 1.807) is 48.5 Å². The number of rotatable bonds is 4. The molecule has 3 aromatic rings. The fourth-order valence-corrected chi connectivity index (χ4v) is 2.57. The van der Waals surface area contributed by atoms with Crippen LogP contribution in [0, 0.1) is 0 Å². The molecular weight excluding hydrogens is 342 g/mol. The molecule has 126 valence electrons. The molecular formula is C19H14ClNO4. The fourth-order valence-electron chi connectivity index (χ4n) is 2.45. The van der Waals surface area contributed by atoms with E-state index in [-0.39, 0.29) is 17.0 Å². The van der Waals surface area contributed by atoms with Gasteiger partial charge in [-0.25, -0.2) is 4.79 Å². The molecule has 1 heterocycles. The Kier molecular flexibility index (Phi) is 4.67. The van der Waals surface area contributed by atoms with Crippen molar-refractivity contribution < 1.29 is 14.3 Å². The normalized spacial score (nSPS) is 11.9. The predicted molar refractivity (Wildman–Crippen MR) is 95.2 cm³/mol. The van der Waals surface area contributed by atoms with Gasteiger partial charge in [0.2, 0.25) is 5.78 Å². The smallest absolute Gasteiger partial charge is 0.355 e. The van der Waals surface area contributed by atoms with Crippen molar-refractivity contribution in [3.63, 3.8) is 0 Å². The SMILES string of the molecule is CC(OC(=O)c1cc2ccccc2c(=O)[nH]1)C(=O)c1ccc(Cl)cc1. The number of benzene rings is 2. The topological polar surface area (TPSA) is 76.2 Å². The van der Waals surface area contributed by atoms with Gasteiger partial charge in [-0.3, -0.25) is 9.59 Å². The molecule has 0 saturated heterocycles. The summed E-state index contributed by atoms with van der Waals surface area (Å²) >= 11 is 5.79. The Morgan fingerprint density at radius 3 is 2.48 bits per heavy atom. The number of fused-ring (bicyclic) bond motifs is 1. The Balaban J connectivity index is 1.81. The van der Waals surface area contributed by atoms with Crippen LogP contribution in [0.4, 0.5) is 0 Å². The van der Waals surface area contributed by atoms with Crippen molar-refractivity contribution in [2.24, 2.45) is 0 Å². The zero-order chi connectivity index (χ0) is 18.0. The van der Waals surface area contributed by atoms with Gasteiger partial charge < -0.3 is 9.72 Å². The van der Waals surface area contributed by atoms with Crippen molar-refractivity contribution in [3.8, 4) is 0 Å². The minimum Gasteiger partial charge on any atom is -0.450 e. The van der Waals surface area contributed by atoms with Gasteiger partial charge in [0.05, 0.1) is 0 Å². The van der Waals surface area contributed by atoms with Gasteiger partial charge in [-0.1, -0.05) is 29.8 Å². The van der Waals surface area contributed by atoms with Crippen LogP contribution in [-0.4, -0.2) is 22.8 Å². The summed E-state index contributed by atoms with van der Waals surface area (Å²) in [5, 5.41) is 1.61. The second-order valence-corrected chi connectivity index (χ2v) is 5.95. The number of esters is 1. The van der Waals surface area contributed by atoms with E-state index in [0.29, 0.717) is 21.4 Å². The lowest BCUT2D eigenvalue weighted by Crippen LogP contribution is -2.26. The molecule has 0 aliphatic rings. The highest BCUT2D eigenvalue weighted by molar-refractivity contribution is 6.30. The van der Waals surface area contributed by atoms with Crippen LogP contribution >= 0.6 is 11.6 Å². The van der Waals surface area contributed by atoms with E-state index in [4.69, 9.17) is 16.3 Å². The quantitative estimate of drug-likeness (QED) is 0.573. The summed E-state index contributed by atoms with van der Waals surface area (Å²) in [6.07, 6.45) is -0.997. The van der Waals surface area contributed by atoms with E-state index in [9.17, 15) is 14.4 Å². The van der Waals surface area contributed by atoms with Crippen molar-refractivity contribution in [2.75, 3.05) is 0 Å². The van der Waals surface area contributed by atoms with Gasteiger partial charge >= 0.3 is 5.97 Å². The summed E-state index contributed by atoms with van der Waals surface area (Å²) in [7, 11) is 0. The molecule has 6 heteroatoms. The average Bonchev–Trinajstić information content (AvgIpc) is 2.61. The molecule has 1 atom stereocenters. The lowest BCUT2D eigenvalue weighted by molar-refractivity contribution is 0.0313. The molecule has 0 fully saturated rings. The minimum absolute atomic E-state index is 0.000504. The number of hydrogen-bond donors (Lipinski definition) is 1. The van der Waals surface area contributed by atoms with Crippen LogP contribution in [0.15, 0.2) is 59.4 Å². The number of nitrogens with one attached hydrogen (secondary N) is 1. The van der Waals surface area contributed by atoms with Crippen LogP contribution in [-0.2, 0) is 4.74 Å². The number of ketones is 1. The molecule has 3 rings (SSSR count). The molecule has 5 nitrogen and oxygen atoms in total. The Labute approximate surface area is 148 Å². The third-order valence-electron chi connectivity index (χ3n) is 3.76. The number of aromatic nitrogens is 1. The van der Waals surface area contributed by atoms with Gasteiger partial charge in [-0.2, -0.15) is 0 Å². The van der Waals surface area contributed by atoms with Gasteiger partial charge in [0.1, 0.15) is 5.69 Å². The van der Waals surface area contributed by atoms with E-state index in [2.05, 4.69) is 4.98 Å². The number of Topliss-reactive ketones (excluding diaryl/α,β-unsaturated/α-hetero) is 1. The van der Waals surface area contributed by atoms with Crippen LogP contribution in [0.2, 0.25) is 5.02 Å². The molecule has 0 amide bonds. The first kappa shape index (κ1) is 16.9. The van der Waals surface area contributed by atoms with Crippen molar-refractivity contribution in [1.82, 2.24) is 4.98 Å². The summed E-state index contributed by atoms with van der Waals surface area (Å²) < 4.78 is 5.20. The number of ether oxygens (including phenoxy) is 1. The maximum Gasteiger partial charge on any atom is 0.355 e. The van der Waals surface area contributed by atoms with E-state index in [1.165, 1.54) is 13.0 Å². The molecule has 0 aliphatic heterocycles. The third kappa shape index (κ3) is 3.61. The number of carbonyl (C=O) groups is 2. The monoisotopic (exact) mass is 355 g/mol. The molecule has 0 aliphatic carbocycles. The Hall–Kier alpha value is -2.92. The lowest BCUT2D eigenvalue weighted by atomic mass is 10.1. The third-order valence-corrected chi connectivity index (χ3v) is 4.01. The molecule has 1 N–H and O–H groups in total. The van der Waals surface area contributed by atoms with Gasteiger partial charge in [0, 0.05) is 16.0 Å². The number of H-pyrrole nitrogens is 1. The Morgan fingerprint density at radius 2 is 1.76 bits per heavy atom. The molecule has 0 saturated carbocycles. The van der Waals surface area contributed by atoms with E-state index >= 15 is 0 Å². The summed E-state index contributed by atoms with van der Waals surface area (Å²) in [5.74, 6) is -1.12. The first-order valence-corrected chi connectivity index (χ1v) is 7.96. The number of halogens is 1.